The molecule has 0 bridgehead atoms. The fourth-order valence-electron chi connectivity index (χ4n) is 2.31. The second-order valence-electron chi connectivity index (χ2n) is 6.50. The van der Waals surface area contributed by atoms with Gasteiger partial charge in [-0.3, -0.25) is 4.79 Å². The summed E-state index contributed by atoms with van der Waals surface area (Å²) in [5, 5.41) is 2.70. The number of hydrogen-bond acceptors (Lipinski definition) is 6. The Morgan fingerprint density at radius 1 is 1.32 bits per heavy atom. The van der Waals surface area contributed by atoms with E-state index in [0.717, 1.165) is 24.2 Å². The van der Waals surface area contributed by atoms with Crippen LogP contribution in [0.2, 0.25) is 0 Å². The van der Waals surface area contributed by atoms with Gasteiger partial charge in [-0.25, -0.2) is 9.97 Å². The maximum Gasteiger partial charge on any atom is 0.433 e. The Balaban J connectivity index is 2.16. The molecule has 2 aromatic rings. The van der Waals surface area contributed by atoms with Gasteiger partial charge in [-0.15, -0.1) is 0 Å². The first-order valence-electron chi connectivity index (χ1n) is 8.80. The van der Waals surface area contributed by atoms with Gasteiger partial charge in [0.2, 0.25) is 0 Å². The molecule has 0 fully saturated rings. The molecule has 28 heavy (non-hydrogen) atoms. The molecule has 0 aromatic carbocycles. The average Bonchev–Trinajstić information content (AvgIpc) is 3.08. The van der Waals surface area contributed by atoms with Crippen LogP contribution in [-0.2, 0) is 11.9 Å². The molecule has 10 heteroatoms. The molecular weight excluding hydrogens is 393 g/mol. The minimum atomic E-state index is -4.56. The number of nitrogens with zero attached hydrogens (tertiary/aromatic N) is 3. The summed E-state index contributed by atoms with van der Waals surface area (Å²) < 4.78 is 45.0. The van der Waals surface area contributed by atoms with Crippen LogP contribution in [0.3, 0.4) is 0 Å². The topological polar surface area (TPSA) is 71.3 Å². The predicted molar refractivity (Wildman–Crippen MR) is 101 cm³/mol. The van der Waals surface area contributed by atoms with Crippen molar-refractivity contribution in [2.45, 2.75) is 50.3 Å². The van der Waals surface area contributed by atoms with E-state index in [1.54, 1.807) is 18.0 Å². The van der Waals surface area contributed by atoms with E-state index in [0.29, 0.717) is 12.3 Å². The number of aromatic nitrogens is 2. The van der Waals surface area contributed by atoms with E-state index < -0.39 is 11.9 Å². The lowest BCUT2D eigenvalue weighted by Gasteiger charge is -2.19. The van der Waals surface area contributed by atoms with Crippen molar-refractivity contribution in [1.82, 2.24) is 15.3 Å². The molecular formula is C18H23F3N4O2S. The van der Waals surface area contributed by atoms with Crippen LogP contribution in [0.15, 0.2) is 27.8 Å². The lowest BCUT2D eigenvalue weighted by atomic mass is 10.3. The zero-order valence-corrected chi connectivity index (χ0v) is 16.9. The Labute approximate surface area is 165 Å². The van der Waals surface area contributed by atoms with E-state index >= 15 is 0 Å². The van der Waals surface area contributed by atoms with Crippen molar-refractivity contribution < 1.29 is 22.4 Å². The van der Waals surface area contributed by atoms with Crippen molar-refractivity contribution in [1.29, 1.82) is 0 Å². The first kappa shape index (κ1) is 22.1. The lowest BCUT2D eigenvalue weighted by molar-refractivity contribution is -0.141. The molecule has 0 unspecified atom stereocenters. The van der Waals surface area contributed by atoms with Gasteiger partial charge >= 0.3 is 6.18 Å². The summed E-state index contributed by atoms with van der Waals surface area (Å²) in [5.41, 5.74) is -0.987. The van der Waals surface area contributed by atoms with Gasteiger partial charge in [0.25, 0.3) is 5.91 Å². The van der Waals surface area contributed by atoms with E-state index in [9.17, 15) is 18.0 Å². The summed E-state index contributed by atoms with van der Waals surface area (Å²) >= 11 is 1.02. The molecule has 0 aliphatic heterocycles. The van der Waals surface area contributed by atoms with E-state index in [-0.39, 0.29) is 34.4 Å². The molecule has 0 saturated heterocycles. The molecule has 2 heterocycles. The molecule has 0 aliphatic rings. The summed E-state index contributed by atoms with van der Waals surface area (Å²) in [6.45, 7) is 6.17. The van der Waals surface area contributed by atoms with Crippen LogP contribution < -0.4 is 10.2 Å². The number of rotatable bonds is 8. The number of alkyl halides is 3. The molecule has 6 nitrogen and oxygen atoms in total. The van der Waals surface area contributed by atoms with Gasteiger partial charge in [0, 0.05) is 25.7 Å². The standard InChI is InChI=1S/C18H23F3N4O2S/c1-5-8-25(4)15-9-14(18(19,20)21)23-17(24-15)28-10-12-6-7-13(27-12)16(26)22-11(2)3/h6-7,9,11H,5,8,10H2,1-4H3,(H,22,26). The Bertz CT molecular complexity index is 808. The fourth-order valence-corrected chi connectivity index (χ4v) is 3.06. The minimum Gasteiger partial charge on any atom is -0.455 e. The van der Waals surface area contributed by atoms with Crippen LogP contribution in [0.5, 0.6) is 0 Å². The molecule has 0 atom stereocenters. The highest BCUT2D eigenvalue weighted by Gasteiger charge is 2.34. The summed E-state index contributed by atoms with van der Waals surface area (Å²) in [6, 6.07) is 4.05. The number of furan rings is 1. The van der Waals surface area contributed by atoms with Gasteiger partial charge in [0.05, 0.1) is 5.75 Å². The van der Waals surface area contributed by atoms with Crippen LogP contribution in [-0.4, -0.2) is 35.5 Å². The van der Waals surface area contributed by atoms with Crippen molar-refractivity contribution in [3.63, 3.8) is 0 Å². The van der Waals surface area contributed by atoms with Crippen molar-refractivity contribution in [3.8, 4) is 0 Å². The number of nitrogens with one attached hydrogen (secondary N) is 1. The Morgan fingerprint density at radius 3 is 2.64 bits per heavy atom. The minimum absolute atomic E-state index is 0.00244. The number of thioether (sulfide) groups is 1. The number of halogens is 3. The molecule has 0 saturated carbocycles. The van der Waals surface area contributed by atoms with Crippen LogP contribution >= 0.6 is 11.8 Å². The third-order valence-electron chi connectivity index (χ3n) is 3.58. The second-order valence-corrected chi connectivity index (χ2v) is 7.44. The van der Waals surface area contributed by atoms with Gasteiger partial charge in [-0.05, 0) is 32.4 Å². The van der Waals surface area contributed by atoms with E-state index in [1.807, 2.05) is 20.8 Å². The maximum atomic E-state index is 13.2. The van der Waals surface area contributed by atoms with Gasteiger partial charge in [-0.1, -0.05) is 18.7 Å². The van der Waals surface area contributed by atoms with Crippen LogP contribution in [0, 0.1) is 0 Å². The normalized spacial score (nSPS) is 11.7. The summed E-state index contributed by atoms with van der Waals surface area (Å²) in [5.74, 6) is 0.668. The van der Waals surface area contributed by atoms with Crippen LogP contribution in [0.4, 0.5) is 19.0 Å². The zero-order valence-electron chi connectivity index (χ0n) is 16.1. The SMILES string of the molecule is CCCN(C)c1cc(C(F)(F)F)nc(SCc2ccc(C(=O)NC(C)C)o2)n1. The van der Waals surface area contributed by atoms with Crippen LogP contribution in [0.1, 0.15) is 49.2 Å². The number of carbonyl (C=O) groups is 1. The van der Waals surface area contributed by atoms with Crippen LogP contribution in [0.25, 0.3) is 0 Å². The molecule has 2 aromatic heterocycles. The van der Waals surface area contributed by atoms with Gasteiger partial charge < -0.3 is 14.6 Å². The third kappa shape index (κ3) is 6.15. The average molecular weight is 416 g/mol. The molecule has 0 aliphatic carbocycles. The monoisotopic (exact) mass is 416 g/mol. The largest absolute Gasteiger partial charge is 0.455 e. The second kappa shape index (κ2) is 9.31. The summed E-state index contributed by atoms with van der Waals surface area (Å²) in [4.78, 5) is 21.4. The first-order chi connectivity index (χ1) is 13.1. The molecule has 0 radical (unpaired) electrons. The van der Waals surface area contributed by atoms with Gasteiger partial charge in [0.15, 0.2) is 16.6 Å². The van der Waals surface area contributed by atoms with Crippen molar-refractivity contribution in [2.24, 2.45) is 0 Å². The zero-order chi connectivity index (χ0) is 20.9. The Kier molecular flexibility index (Phi) is 7.34. The van der Waals surface area contributed by atoms with Crippen molar-refractivity contribution in [2.75, 3.05) is 18.5 Å². The fraction of sp³-hybridized carbons (Fsp3) is 0.500. The predicted octanol–water partition coefficient (Wildman–Crippen LogP) is 4.37. The molecule has 1 amide bonds. The first-order valence-corrected chi connectivity index (χ1v) is 9.78. The number of carbonyl (C=O) groups excluding carboxylic acids is 1. The molecule has 0 spiro atoms. The number of hydrogen-bond donors (Lipinski definition) is 1. The van der Waals surface area contributed by atoms with Gasteiger partial charge in [0.1, 0.15) is 11.6 Å². The number of anilines is 1. The lowest BCUT2D eigenvalue weighted by Crippen LogP contribution is -2.29. The highest BCUT2D eigenvalue weighted by molar-refractivity contribution is 7.98. The maximum absolute atomic E-state index is 13.2. The quantitative estimate of drug-likeness (QED) is 0.509. The van der Waals surface area contributed by atoms with E-state index in [2.05, 4.69) is 15.3 Å². The summed E-state index contributed by atoms with van der Waals surface area (Å²) in [7, 11) is 1.69. The van der Waals surface area contributed by atoms with E-state index in [4.69, 9.17) is 4.42 Å². The number of amides is 1. The smallest absolute Gasteiger partial charge is 0.433 e. The Morgan fingerprint density at radius 2 is 2.04 bits per heavy atom. The molecule has 154 valence electrons. The highest BCUT2D eigenvalue weighted by atomic mass is 32.2. The molecule has 1 N–H and O–H groups in total. The Hall–Kier alpha value is -2.23. The third-order valence-corrected chi connectivity index (χ3v) is 4.45. The van der Waals surface area contributed by atoms with Crippen molar-refractivity contribution >= 4 is 23.5 Å². The molecule has 2 rings (SSSR count). The van der Waals surface area contributed by atoms with E-state index in [1.165, 1.54) is 6.07 Å². The van der Waals surface area contributed by atoms with Crippen molar-refractivity contribution in [3.05, 3.63) is 35.4 Å². The van der Waals surface area contributed by atoms with Gasteiger partial charge in [-0.2, -0.15) is 13.2 Å². The highest BCUT2D eigenvalue weighted by Crippen LogP contribution is 2.32. The summed E-state index contributed by atoms with van der Waals surface area (Å²) in [6.07, 6.45) is -3.79.